The highest BCUT2D eigenvalue weighted by molar-refractivity contribution is 9.10. The molecule has 1 aliphatic heterocycles. The molecule has 4 heteroatoms. The lowest BCUT2D eigenvalue weighted by Crippen LogP contribution is -2.31. The van der Waals surface area contributed by atoms with Crippen LogP contribution in [0.2, 0.25) is 0 Å². The summed E-state index contributed by atoms with van der Waals surface area (Å²) in [5.41, 5.74) is 7.51. The van der Waals surface area contributed by atoms with Crippen molar-refractivity contribution in [1.29, 1.82) is 0 Å². The van der Waals surface area contributed by atoms with Gasteiger partial charge in [-0.15, -0.1) is 0 Å². The summed E-state index contributed by atoms with van der Waals surface area (Å²) in [4.78, 5) is 4.34. The van der Waals surface area contributed by atoms with E-state index in [9.17, 15) is 0 Å². The summed E-state index contributed by atoms with van der Waals surface area (Å²) in [5, 5.41) is 0. The number of benzene rings is 1. The number of nitrogens with two attached hydrogens (primary N) is 1. The molecule has 3 nitrogen and oxygen atoms in total. The first-order valence-electron chi connectivity index (χ1n) is 4.41. The fraction of sp³-hybridized carbons (Fsp3) is 0.300. The summed E-state index contributed by atoms with van der Waals surface area (Å²) in [6.45, 7) is 1.46. The standard InChI is InChI=1S/C10H11BrN2O/c11-8-2-1-7(10(12)3-8)4-13-9-5-14-6-9/h1-4,9H,5-6,12H2. The Morgan fingerprint density at radius 2 is 2.29 bits per heavy atom. The summed E-state index contributed by atoms with van der Waals surface area (Å²) in [6, 6.07) is 6.09. The molecule has 74 valence electrons. The molecule has 0 amide bonds. The second-order valence-corrected chi connectivity index (χ2v) is 4.16. The van der Waals surface area contributed by atoms with Crippen LogP contribution in [0, 0.1) is 0 Å². The van der Waals surface area contributed by atoms with Crippen LogP contribution in [0.15, 0.2) is 27.7 Å². The molecule has 2 N–H and O–H groups in total. The first kappa shape index (κ1) is 9.68. The van der Waals surface area contributed by atoms with Gasteiger partial charge in [-0.1, -0.05) is 22.0 Å². The quantitative estimate of drug-likeness (QED) is 0.647. The largest absolute Gasteiger partial charge is 0.398 e. The number of aliphatic imine (C=N–C) groups is 1. The molecular formula is C10H11BrN2O. The van der Waals surface area contributed by atoms with E-state index in [2.05, 4.69) is 20.9 Å². The van der Waals surface area contributed by atoms with E-state index in [4.69, 9.17) is 10.5 Å². The zero-order valence-corrected chi connectivity index (χ0v) is 9.20. The van der Waals surface area contributed by atoms with Crippen molar-refractivity contribution in [3.63, 3.8) is 0 Å². The number of hydrogen-bond donors (Lipinski definition) is 1. The third-order valence-corrected chi connectivity index (χ3v) is 2.59. The Balaban J connectivity index is 2.11. The summed E-state index contributed by atoms with van der Waals surface area (Å²) < 4.78 is 6.01. The van der Waals surface area contributed by atoms with Gasteiger partial charge in [0.05, 0.1) is 19.3 Å². The Labute approximate surface area is 91.1 Å². The second-order valence-electron chi connectivity index (χ2n) is 3.24. The zero-order valence-electron chi connectivity index (χ0n) is 7.61. The summed E-state index contributed by atoms with van der Waals surface area (Å²) in [6.07, 6.45) is 1.81. The molecule has 1 aliphatic rings. The second kappa shape index (κ2) is 4.11. The third-order valence-electron chi connectivity index (χ3n) is 2.09. The molecule has 1 fully saturated rings. The molecule has 1 heterocycles. The van der Waals surface area contributed by atoms with E-state index in [0.717, 1.165) is 28.9 Å². The van der Waals surface area contributed by atoms with Gasteiger partial charge in [0.15, 0.2) is 0 Å². The highest BCUT2D eigenvalue weighted by Crippen LogP contribution is 2.17. The molecule has 0 radical (unpaired) electrons. The van der Waals surface area contributed by atoms with Crippen molar-refractivity contribution in [2.75, 3.05) is 18.9 Å². The normalized spacial score (nSPS) is 17.2. The molecule has 0 bridgehead atoms. The monoisotopic (exact) mass is 254 g/mol. The minimum absolute atomic E-state index is 0.318. The molecule has 0 saturated carbocycles. The first-order valence-corrected chi connectivity index (χ1v) is 5.21. The maximum absolute atomic E-state index is 5.81. The average molecular weight is 255 g/mol. The molecule has 14 heavy (non-hydrogen) atoms. The van der Waals surface area contributed by atoms with Gasteiger partial charge >= 0.3 is 0 Å². The number of nitrogens with zero attached hydrogens (tertiary/aromatic N) is 1. The van der Waals surface area contributed by atoms with Gasteiger partial charge in [-0.25, -0.2) is 0 Å². The Morgan fingerprint density at radius 3 is 2.86 bits per heavy atom. The molecule has 0 aliphatic carbocycles. The minimum atomic E-state index is 0.318. The molecule has 1 aromatic rings. The first-order chi connectivity index (χ1) is 6.75. The molecule has 1 saturated heterocycles. The highest BCUT2D eigenvalue weighted by Gasteiger charge is 2.15. The fourth-order valence-electron chi connectivity index (χ4n) is 1.16. The molecule has 2 rings (SSSR count). The van der Waals surface area contributed by atoms with E-state index in [1.165, 1.54) is 0 Å². The minimum Gasteiger partial charge on any atom is -0.398 e. The van der Waals surface area contributed by atoms with Gasteiger partial charge in [0.2, 0.25) is 0 Å². The Kier molecular flexibility index (Phi) is 2.84. The maximum atomic E-state index is 5.81. The molecule has 0 atom stereocenters. The van der Waals surface area contributed by atoms with Crippen LogP contribution in [0.5, 0.6) is 0 Å². The third kappa shape index (κ3) is 2.13. The topological polar surface area (TPSA) is 47.6 Å². The van der Waals surface area contributed by atoms with E-state index >= 15 is 0 Å². The van der Waals surface area contributed by atoms with Gasteiger partial charge in [-0.05, 0) is 12.1 Å². The Bertz CT molecular complexity index is 361. The number of nitrogen functional groups attached to an aromatic ring is 1. The lowest BCUT2D eigenvalue weighted by molar-refractivity contribution is 0.0135. The summed E-state index contributed by atoms with van der Waals surface area (Å²) >= 11 is 3.36. The van der Waals surface area contributed by atoms with Crippen LogP contribution in [-0.2, 0) is 4.74 Å². The van der Waals surface area contributed by atoms with Gasteiger partial charge in [0, 0.05) is 21.9 Å². The van der Waals surface area contributed by atoms with Crippen molar-refractivity contribution in [2.45, 2.75) is 6.04 Å². The van der Waals surface area contributed by atoms with E-state index in [-0.39, 0.29) is 0 Å². The smallest absolute Gasteiger partial charge is 0.0966 e. The number of hydrogen-bond acceptors (Lipinski definition) is 3. The fourth-order valence-corrected chi connectivity index (χ4v) is 1.54. The SMILES string of the molecule is Nc1cc(Br)ccc1C=NC1COC1. The van der Waals surface area contributed by atoms with Crippen LogP contribution >= 0.6 is 15.9 Å². The van der Waals surface area contributed by atoms with Gasteiger partial charge in [-0.2, -0.15) is 0 Å². The molecule has 0 aromatic heterocycles. The van der Waals surface area contributed by atoms with E-state index in [1.807, 2.05) is 24.4 Å². The summed E-state index contributed by atoms with van der Waals surface area (Å²) in [5.74, 6) is 0. The highest BCUT2D eigenvalue weighted by atomic mass is 79.9. The van der Waals surface area contributed by atoms with E-state index < -0.39 is 0 Å². The van der Waals surface area contributed by atoms with E-state index in [1.54, 1.807) is 0 Å². The number of rotatable bonds is 2. The van der Waals surface area contributed by atoms with Crippen molar-refractivity contribution in [2.24, 2.45) is 4.99 Å². The van der Waals surface area contributed by atoms with Crippen molar-refractivity contribution in [3.05, 3.63) is 28.2 Å². The Morgan fingerprint density at radius 1 is 1.50 bits per heavy atom. The van der Waals surface area contributed by atoms with Crippen LogP contribution < -0.4 is 5.73 Å². The van der Waals surface area contributed by atoms with Gasteiger partial charge < -0.3 is 10.5 Å². The maximum Gasteiger partial charge on any atom is 0.0966 e. The molecular weight excluding hydrogens is 244 g/mol. The molecule has 1 aromatic carbocycles. The summed E-state index contributed by atoms with van der Waals surface area (Å²) in [7, 11) is 0. The van der Waals surface area contributed by atoms with Gasteiger partial charge in [0.25, 0.3) is 0 Å². The van der Waals surface area contributed by atoms with E-state index in [0.29, 0.717) is 6.04 Å². The lowest BCUT2D eigenvalue weighted by Gasteiger charge is -2.21. The predicted molar refractivity (Wildman–Crippen MR) is 60.8 cm³/mol. The zero-order chi connectivity index (χ0) is 9.97. The average Bonchev–Trinajstić information content (AvgIpc) is 2.05. The van der Waals surface area contributed by atoms with Gasteiger partial charge in [-0.3, -0.25) is 4.99 Å². The molecule has 0 unspecified atom stereocenters. The number of ether oxygens (including phenoxy) is 1. The van der Waals surface area contributed by atoms with Crippen molar-refractivity contribution in [1.82, 2.24) is 0 Å². The predicted octanol–water partition coefficient (Wildman–Crippen LogP) is 1.85. The number of anilines is 1. The van der Waals surface area contributed by atoms with Crippen LogP contribution in [0.25, 0.3) is 0 Å². The lowest BCUT2D eigenvalue weighted by atomic mass is 10.2. The number of halogens is 1. The van der Waals surface area contributed by atoms with Crippen molar-refractivity contribution < 1.29 is 4.74 Å². The van der Waals surface area contributed by atoms with Crippen LogP contribution in [0.3, 0.4) is 0 Å². The Hall–Kier alpha value is -0.870. The van der Waals surface area contributed by atoms with Crippen LogP contribution in [0.4, 0.5) is 5.69 Å². The van der Waals surface area contributed by atoms with Crippen LogP contribution in [0.1, 0.15) is 5.56 Å². The van der Waals surface area contributed by atoms with Crippen LogP contribution in [-0.4, -0.2) is 25.5 Å². The van der Waals surface area contributed by atoms with Crippen molar-refractivity contribution >= 4 is 27.8 Å². The van der Waals surface area contributed by atoms with Crippen molar-refractivity contribution in [3.8, 4) is 0 Å². The molecule has 0 spiro atoms. The van der Waals surface area contributed by atoms with Gasteiger partial charge in [0.1, 0.15) is 0 Å².